The van der Waals surface area contributed by atoms with E-state index in [1.54, 1.807) is 18.3 Å². The molecule has 2 fully saturated rings. The van der Waals surface area contributed by atoms with Crippen molar-refractivity contribution >= 4 is 28.2 Å². The molecule has 0 bridgehead atoms. The third-order valence-electron chi connectivity index (χ3n) is 9.50. The number of halogens is 5. The number of aryl methyl sites for hydroxylation is 1. The van der Waals surface area contributed by atoms with E-state index in [2.05, 4.69) is 24.8 Å². The van der Waals surface area contributed by atoms with Gasteiger partial charge in [-0.3, -0.25) is 4.90 Å². The first-order valence-corrected chi connectivity index (χ1v) is 15.4. The molecule has 0 radical (unpaired) electrons. The maximum absolute atomic E-state index is 16.8. The van der Waals surface area contributed by atoms with Crippen LogP contribution in [0.4, 0.5) is 39.3 Å². The standard InChI is InChI=1S/C32H33F5N8O2/c1-16-25(32(35,36)37)20(11-22(38)41-16)27-26(34)28-24-21(12-23(42-28)47-15-31-6-4-8-44(31)14-18(33)13-31)45(9-10-46-30(24)43-27)17(2)19-5-3-7-40-29(19)39/h3,5,7,11-12,17-18H,4,6,8-10,13-15H2,1-2H3,(H2,38,41)(H2,39,40)/t17-,18-,31+/m1/s1. The Hall–Kier alpha value is -4.53. The molecule has 47 heavy (non-hydrogen) atoms. The molecule has 7 rings (SSSR count). The number of nitrogens with two attached hydrogens (primary N) is 2. The Kier molecular flexibility index (Phi) is 7.49. The third-order valence-corrected chi connectivity index (χ3v) is 9.50. The number of ether oxygens (including phenoxy) is 2. The van der Waals surface area contributed by atoms with E-state index in [0.29, 0.717) is 30.0 Å². The molecule has 2 saturated heterocycles. The Morgan fingerprint density at radius 3 is 2.74 bits per heavy atom. The number of pyridine rings is 4. The summed E-state index contributed by atoms with van der Waals surface area (Å²) in [6.07, 6.45) is -2.37. The van der Waals surface area contributed by atoms with Gasteiger partial charge in [-0.25, -0.2) is 28.7 Å². The molecule has 4 aromatic heterocycles. The van der Waals surface area contributed by atoms with Crippen LogP contribution in [0.25, 0.3) is 22.2 Å². The van der Waals surface area contributed by atoms with Crippen LogP contribution < -0.4 is 25.8 Å². The molecule has 3 atom stereocenters. The molecule has 3 aliphatic rings. The average molecular weight is 657 g/mol. The number of hydrogen-bond donors (Lipinski definition) is 2. The molecule has 0 spiro atoms. The van der Waals surface area contributed by atoms with Crippen LogP contribution in [0.5, 0.6) is 11.8 Å². The van der Waals surface area contributed by atoms with Gasteiger partial charge in [0.15, 0.2) is 5.82 Å². The Morgan fingerprint density at radius 2 is 1.98 bits per heavy atom. The number of anilines is 3. The van der Waals surface area contributed by atoms with Gasteiger partial charge < -0.3 is 25.8 Å². The van der Waals surface area contributed by atoms with Gasteiger partial charge in [0.05, 0.1) is 40.5 Å². The van der Waals surface area contributed by atoms with E-state index in [1.165, 1.54) is 0 Å². The molecule has 248 valence electrons. The molecular formula is C32H33F5N8O2. The number of alkyl halides is 4. The van der Waals surface area contributed by atoms with Gasteiger partial charge in [-0.05, 0) is 45.4 Å². The molecule has 4 aromatic rings. The van der Waals surface area contributed by atoms with Crippen molar-refractivity contribution in [1.29, 1.82) is 0 Å². The van der Waals surface area contributed by atoms with Crippen molar-refractivity contribution in [2.45, 2.75) is 57.0 Å². The average Bonchev–Trinajstić information content (AvgIpc) is 3.46. The Bertz CT molecular complexity index is 1870. The summed E-state index contributed by atoms with van der Waals surface area (Å²) in [7, 11) is 0. The molecule has 0 aromatic carbocycles. The van der Waals surface area contributed by atoms with Crippen LogP contribution in [0, 0.1) is 12.7 Å². The molecule has 7 heterocycles. The number of nitrogen functional groups attached to an aromatic ring is 2. The highest BCUT2D eigenvalue weighted by Crippen LogP contribution is 2.47. The summed E-state index contributed by atoms with van der Waals surface area (Å²) >= 11 is 0. The zero-order valence-electron chi connectivity index (χ0n) is 25.7. The molecule has 10 nitrogen and oxygen atoms in total. The minimum atomic E-state index is -4.89. The lowest BCUT2D eigenvalue weighted by molar-refractivity contribution is -0.137. The second-order valence-electron chi connectivity index (χ2n) is 12.4. The van der Waals surface area contributed by atoms with Gasteiger partial charge >= 0.3 is 6.18 Å². The third kappa shape index (κ3) is 5.29. The molecule has 3 aliphatic heterocycles. The Balaban J connectivity index is 1.43. The number of aromatic nitrogens is 4. The molecule has 0 aliphatic carbocycles. The van der Waals surface area contributed by atoms with E-state index in [-0.39, 0.29) is 48.2 Å². The van der Waals surface area contributed by atoms with Crippen LogP contribution in [0.3, 0.4) is 0 Å². The van der Waals surface area contributed by atoms with E-state index >= 15 is 4.39 Å². The van der Waals surface area contributed by atoms with Gasteiger partial charge in [-0.2, -0.15) is 13.2 Å². The summed E-state index contributed by atoms with van der Waals surface area (Å²) < 4.78 is 86.5. The van der Waals surface area contributed by atoms with E-state index < -0.39 is 52.3 Å². The fraction of sp³-hybridized carbons (Fsp3) is 0.438. The van der Waals surface area contributed by atoms with Gasteiger partial charge in [0.2, 0.25) is 11.8 Å². The Labute approximate surface area is 266 Å². The van der Waals surface area contributed by atoms with Crippen molar-refractivity contribution in [2.75, 3.05) is 49.2 Å². The van der Waals surface area contributed by atoms with Gasteiger partial charge in [-0.15, -0.1) is 0 Å². The summed E-state index contributed by atoms with van der Waals surface area (Å²) in [5, 5.41) is 0.156. The van der Waals surface area contributed by atoms with E-state index in [9.17, 15) is 17.6 Å². The topological polar surface area (TPSA) is 129 Å². The first-order chi connectivity index (χ1) is 22.4. The van der Waals surface area contributed by atoms with Crippen molar-refractivity contribution in [3.63, 3.8) is 0 Å². The van der Waals surface area contributed by atoms with Gasteiger partial charge in [0, 0.05) is 36.4 Å². The molecular weight excluding hydrogens is 623 g/mol. The van der Waals surface area contributed by atoms with Crippen molar-refractivity contribution in [1.82, 2.24) is 24.8 Å². The fourth-order valence-electron chi connectivity index (χ4n) is 7.39. The van der Waals surface area contributed by atoms with Crippen LogP contribution in [0.2, 0.25) is 0 Å². The van der Waals surface area contributed by atoms with E-state index in [4.69, 9.17) is 20.9 Å². The summed E-state index contributed by atoms with van der Waals surface area (Å²) in [6.45, 7) is 4.56. The zero-order chi connectivity index (χ0) is 33.2. The fourth-order valence-corrected chi connectivity index (χ4v) is 7.39. The highest BCUT2D eigenvalue weighted by Gasteiger charge is 2.49. The molecule has 15 heteroatoms. The van der Waals surface area contributed by atoms with E-state index in [1.807, 2.05) is 17.9 Å². The molecule has 0 amide bonds. The van der Waals surface area contributed by atoms with Crippen LogP contribution in [-0.2, 0) is 6.18 Å². The lowest BCUT2D eigenvalue weighted by Gasteiger charge is -2.32. The summed E-state index contributed by atoms with van der Waals surface area (Å²) in [6, 6.07) is 5.76. The normalized spacial score (nSPS) is 21.9. The van der Waals surface area contributed by atoms with Crippen LogP contribution in [0.15, 0.2) is 30.5 Å². The first kappa shape index (κ1) is 31.1. The van der Waals surface area contributed by atoms with Crippen molar-refractivity contribution < 1.29 is 31.4 Å². The smallest absolute Gasteiger partial charge is 0.418 e. The maximum Gasteiger partial charge on any atom is 0.418 e. The Morgan fingerprint density at radius 1 is 1.17 bits per heavy atom. The molecule has 4 N–H and O–H groups in total. The van der Waals surface area contributed by atoms with E-state index in [0.717, 1.165) is 32.4 Å². The second kappa shape index (κ2) is 11.3. The monoisotopic (exact) mass is 656 g/mol. The lowest BCUT2D eigenvalue weighted by Crippen LogP contribution is -2.43. The van der Waals surface area contributed by atoms with Gasteiger partial charge in [0.1, 0.15) is 42.2 Å². The largest absolute Gasteiger partial charge is 0.476 e. The van der Waals surface area contributed by atoms with Crippen molar-refractivity contribution in [3.05, 3.63) is 53.1 Å². The predicted molar refractivity (Wildman–Crippen MR) is 165 cm³/mol. The number of hydrogen-bond acceptors (Lipinski definition) is 10. The van der Waals surface area contributed by atoms with Crippen LogP contribution >= 0.6 is 0 Å². The quantitative estimate of drug-likeness (QED) is 0.252. The minimum absolute atomic E-state index is 0.0257. The predicted octanol–water partition coefficient (Wildman–Crippen LogP) is 5.63. The number of fused-ring (bicyclic) bond motifs is 1. The zero-order valence-corrected chi connectivity index (χ0v) is 25.7. The summed E-state index contributed by atoms with van der Waals surface area (Å²) in [5.74, 6) is -1.12. The number of nitrogens with zero attached hydrogens (tertiary/aromatic N) is 6. The molecule has 0 saturated carbocycles. The van der Waals surface area contributed by atoms with Gasteiger partial charge in [0.25, 0.3) is 0 Å². The molecule has 0 unspecified atom stereocenters. The lowest BCUT2D eigenvalue weighted by atomic mass is 9.95. The van der Waals surface area contributed by atoms with Gasteiger partial charge in [-0.1, -0.05) is 6.07 Å². The minimum Gasteiger partial charge on any atom is -0.476 e. The van der Waals surface area contributed by atoms with Crippen molar-refractivity contribution in [2.24, 2.45) is 0 Å². The summed E-state index contributed by atoms with van der Waals surface area (Å²) in [5.41, 5.74) is 9.57. The van der Waals surface area contributed by atoms with Crippen LogP contribution in [0.1, 0.15) is 49.0 Å². The first-order valence-electron chi connectivity index (χ1n) is 15.4. The second-order valence-corrected chi connectivity index (χ2v) is 12.4. The highest BCUT2D eigenvalue weighted by molar-refractivity contribution is 5.99. The highest BCUT2D eigenvalue weighted by atomic mass is 19.4. The SMILES string of the molecule is Cc1nc(N)cc(-c2nc3c4c(cc(OC[C@@]56CCCN5C[C@H](F)C6)nc4c2F)N([C@H](C)c2cccnc2N)CCO3)c1C(F)(F)F. The summed E-state index contributed by atoms with van der Waals surface area (Å²) in [4.78, 5) is 20.8. The maximum atomic E-state index is 16.8. The number of rotatable bonds is 6. The van der Waals surface area contributed by atoms with Crippen LogP contribution in [-0.4, -0.2) is 69.4 Å². The van der Waals surface area contributed by atoms with Crippen molar-refractivity contribution in [3.8, 4) is 23.0 Å².